The highest BCUT2D eigenvalue weighted by atomic mass is 16.1. The Hall–Kier alpha value is -2.88. The van der Waals surface area contributed by atoms with Crippen LogP contribution in [-0.2, 0) is 11.3 Å². The summed E-state index contributed by atoms with van der Waals surface area (Å²) in [6, 6.07) is 16.0. The number of nitrogens with one attached hydrogen (secondary N) is 1. The van der Waals surface area contributed by atoms with Gasteiger partial charge in [-0.15, -0.1) is 0 Å². The van der Waals surface area contributed by atoms with E-state index in [1.54, 1.807) is 6.20 Å². The average molecular weight is 320 g/mol. The second-order valence-electron chi connectivity index (χ2n) is 6.15. The maximum Gasteiger partial charge on any atom is 0.266 e. The molecule has 0 radical (unpaired) electrons. The van der Waals surface area contributed by atoms with E-state index in [-0.39, 0.29) is 12.5 Å². The van der Waals surface area contributed by atoms with Crippen molar-refractivity contribution in [2.45, 2.75) is 26.3 Å². The van der Waals surface area contributed by atoms with Crippen LogP contribution in [0.4, 0.5) is 5.69 Å². The summed E-state index contributed by atoms with van der Waals surface area (Å²) in [7, 11) is 0. The number of rotatable bonds is 5. The fraction of sp³-hybridized carbons (Fsp3) is 0.200. The van der Waals surface area contributed by atoms with Crippen LogP contribution in [0.2, 0.25) is 0 Å². The molecule has 1 amide bonds. The summed E-state index contributed by atoms with van der Waals surface area (Å²) < 4.78 is 3.84. The monoisotopic (exact) mass is 320 g/mol. The van der Waals surface area contributed by atoms with Crippen molar-refractivity contribution in [3.8, 4) is 0 Å². The van der Waals surface area contributed by atoms with E-state index in [1.165, 1.54) is 5.56 Å². The first-order chi connectivity index (χ1) is 11.6. The van der Waals surface area contributed by atoms with Crippen molar-refractivity contribution in [3.05, 3.63) is 67.0 Å². The van der Waals surface area contributed by atoms with E-state index in [4.69, 9.17) is 0 Å². The molecule has 3 aromatic rings. The number of fused-ring (bicyclic) bond motifs is 1. The summed E-state index contributed by atoms with van der Waals surface area (Å²) >= 11 is 0. The molecule has 1 N–H and O–H groups in total. The molecule has 0 saturated carbocycles. The number of nitrogens with zero attached hydrogens (tertiary/aromatic N) is 2. The molecular formula is C20H22N3O+. The summed E-state index contributed by atoms with van der Waals surface area (Å²) in [5.74, 6) is 0.430. The number of anilines is 1. The highest BCUT2D eigenvalue weighted by Crippen LogP contribution is 2.17. The van der Waals surface area contributed by atoms with Crippen LogP contribution in [0, 0.1) is 0 Å². The van der Waals surface area contributed by atoms with E-state index >= 15 is 0 Å². The van der Waals surface area contributed by atoms with E-state index in [1.807, 2.05) is 51.9 Å². The number of hydrogen-bond acceptors (Lipinski definition) is 1. The highest BCUT2D eigenvalue weighted by molar-refractivity contribution is 5.90. The maximum atomic E-state index is 12.4. The van der Waals surface area contributed by atoms with Crippen LogP contribution < -0.4 is 9.88 Å². The molecular weight excluding hydrogens is 298 g/mol. The zero-order chi connectivity index (χ0) is 17.1. The summed E-state index contributed by atoms with van der Waals surface area (Å²) in [5, 5.41) is 2.95. The van der Waals surface area contributed by atoms with Gasteiger partial charge >= 0.3 is 0 Å². The Balaban J connectivity index is 1.76. The predicted octanol–water partition coefficient (Wildman–Crippen LogP) is 3.79. The van der Waals surface area contributed by atoms with Gasteiger partial charge < -0.3 is 5.32 Å². The lowest BCUT2D eigenvalue weighted by atomic mass is 10.0. The van der Waals surface area contributed by atoms with Gasteiger partial charge in [0.1, 0.15) is 0 Å². The molecule has 0 unspecified atom stereocenters. The van der Waals surface area contributed by atoms with Crippen LogP contribution in [0.5, 0.6) is 0 Å². The first-order valence-corrected chi connectivity index (χ1v) is 8.10. The third-order valence-electron chi connectivity index (χ3n) is 4.10. The third kappa shape index (κ3) is 3.23. The Labute approximate surface area is 142 Å². The lowest BCUT2D eigenvalue weighted by molar-refractivity contribution is -0.658. The van der Waals surface area contributed by atoms with Crippen molar-refractivity contribution in [2.24, 2.45) is 0 Å². The van der Waals surface area contributed by atoms with Gasteiger partial charge in [-0.25, -0.2) is 9.13 Å². The Kier molecular flexibility index (Phi) is 4.47. The fourth-order valence-corrected chi connectivity index (χ4v) is 2.78. The smallest absolute Gasteiger partial charge is 0.266 e. The van der Waals surface area contributed by atoms with Crippen molar-refractivity contribution in [1.29, 1.82) is 0 Å². The Bertz CT molecular complexity index is 876. The lowest BCUT2D eigenvalue weighted by Crippen LogP contribution is -2.39. The number of para-hydroxylation sites is 2. The minimum absolute atomic E-state index is 0.0516. The Morgan fingerprint density at radius 3 is 2.58 bits per heavy atom. The molecule has 0 spiro atoms. The predicted molar refractivity (Wildman–Crippen MR) is 97.7 cm³/mol. The Morgan fingerprint density at radius 1 is 1.21 bits per heavy atom. The molecule has 122 valence electrons. The van der Waals surface area contributed by atoms with Gasteiger partial charge in [-0.05, 0) is 35.7 Å². The molecule has 4 heteroatoms. The highest BCUT2D eigenvalue weighted by Gasteiger charge is 2.16. The van der Waals surface area contributed by atoms with Gasteiger partial charge in [-0.3, -0.25) is 4.79 Å². The zero-order valence-corrected chi connectivity index (χ0v) is 14.1. The second-order valence-corrected chi connectivity index (χ2v) is 6.15. The van der Waals surface area contributed by atoms with Gasteiger partial charge in [0.2, 0.25) is 6.33 Å². The van der Waals surface area contributed by atoms with Crippen molar-refractivity contribution in [1.82, 2.24) is 4.57 Å². The van der Waals surface area contributed by atoms with Gasteiger partial charge in [0.25, 0.3) is 5.91 Å². The molecule has 1 heterocycles. The van der Waals surface area contributed by atoms with E-state index in [9.17, 15) is 4.79 Å². The molecule has 4 nitrogen and oxygen atoms in total. The number of hydrogen-bond donors (Lipinski definition) is 1. The van der Waals surface area contributed by atoms with E-state index in [0.717, 1.165) is 16.7 Å². The van der Waals surface area contributed by atoms with Gasteiger partial charge in [0.05, 0.1) is 6.20 Å². The van der Waals surface area contributed by atoms with Crippen molar-refractivity contribution in [3.63, 3.8) is 0 Å². The summed E-state index contributed by atoms with van der Waals surface area (Å²) in [6.45, 7) is 8.37. The first-order valence-electron chi connectivity index (χ1n) is 8.10. The summed E-state index contributed by atoms with van der Waals surface area (Å²) in [5.41, 5.74) is 4.11. The Morgan fingerprint density at radius 2 is 1.92 bits per heavy atom. The molecule has 0 atom stereocenters. The molecule has 1 aromatic heterocycles. The molecule has 0 aliphatic carbocycles. The van der Waals surface area contributed by atoms with Crippen molar-refractivity contribution < 1.29 is 9.36 Å². The third-order valence-corrected chi connectivity index (χ3v) is 4.10. The molecule has 2 aromatic carbocycles. The van der Waals surface area contributed by atoms with Crippen LogP contribution in [0.15, 0.2) is 61.4 Å². The summed E-state index contributed by atoms with van der Waals surface area (Å²) in [4.78, 5) is 12.4. The average Bonchev–Trinajstić information content (AvgIpc) is 2.93. The number of benzene rings is 2. The number of amides is 1. The minimum Gasteiger partial charge on any atom is -0.323 e. The second kappa shape index (κ2) is 6.71. The topological polar surface area (TPSA) is 37.9 Å². The maximum absolute atomic E-state index is 12.4. The molecule has 0 aliphatic heterocycles. The molecule has 0 fully saturated rings. The number of imidazole rings is 1. The first kappa shape index (κ1) is 16.0. The fourth-order valence-electron chi connectivity index (χ4n) is 2.78. The van der Waals surface area contributed by atoms with Crippen LogP contribution in [0.25, 0.3) is 17.2 Å². The van der Waals surface area contributed by atoms with E-state index < -0.39 is 0 Å². The van der Waals surface area contributed by atoms with Crippen LogP contribution >= 0.6 is 0 Å². The standard InChI is InChI=1S/C20H21N3O/c1-4-22-14-23(19-8-6-5-7-18(19)22)13-20(24)21-17-11-9-16(10-12-17)15(2)3/h4-12,14-15H,1,13H2,2-3H3/p+1. The number of carbonyl (C=O) groups is 1. The van der Waals surface area contributed by atoms with Crippen molar-refractivity contribution >= 4 is 28.8 Å². The molecule has 3 rings (SSSR count). The quantitative estimate of drug-likeness (QED) is 0.714. The lowest BCUT2D eigenvalue weighted by Gasteiger charge is -2.07. The van der Waals surface area contributed by atoms with Crippen molar-refractivity contribution in [2.75, 3.05) is 5.32 Å². The zero-order valence-electron chi connectivity index (χ0n) is 14.1. The number of aromatic nitrogens is 2. The van der Waals surface area contributed by atoms with Crippen LogP contribution in [-0.4, -0.2) is 10.5 Å². The minimum atomic E-state index is -0.0516. The molecule has 24 heavy (non-hydrogen) atoms. The molecule has 0 saturated heterocycles. The van der Waals surface area contributed by atoms with Crippen LogP contribution in [0.1, 0.15) is 25.3 Å². The van der Waals surface area contributed by atoms with Crippen LogP contribution in [0.3, 0.4) is 0 Å². The normalized spacial score (nSPS) is 11.0. The van der Waals surface area contributed by atoms with E-state index in [2.05, 4.69) is 37.9 Å². The van der Waals surface area contributed by atoms with Gasteiger partial charge in [0.15, 0.2) is 17.6 Å². The van der Waals surface area contributed by atoms with E-state index in [0.29, 0.717) is 5.92 Å². The molecule has 0 bridgehead atoms. The van der Waals surface area contributed by atoms with Gasteiger partial charge in [0, 0.05) is 5.69 Å². The molecule has 0 aliphatic rings. The van der Waals surface area contributed by atoms with Gasteiger partial charge in [-0.2, -0.15) is 0 Å². The van der Waals surface area contributed by atoms with Gasteiger partial charge in [-0.1, -0.05) is 44.7 Å². The summed E-state index contributed by atoms with van der Waals surface area (Å²) in [6.07, 6.45) is 3.63. The largest absolute Gasteiger partial charge is 0.323 e. The SMILES string of the molecule is C=Cn1c[n+](CC(=O)Nc2ccc(C(C)C)cc2)c2ccccc21. The number of carbonyl (C=O) groups excluding carboxylic acids is 1.